The average Bonchev–Trinajstić information content (AvgIpc) is 2.38. The van der Waals surface area contributed by atoms with Gasteiger partial charge in [-0.3, -0.25) is 4.79 Å². The molecule has 1 amide bonds. The Morgan fingerprint density at radius 2 is 2.00 bits per heavy atom. The molecule has 0 saturated carbocycles. The van der Waals surface area contributed by atoms with Crippen molar-refractivity contribution in [3.63, 3.8) is 0 Å². The molecular formula is C15H14BrClN2O. The van der Waals surface area contributed by atoms with Gasteiger partial charge < -0.3 is 11.1 Å². The first-order chi connectivity index (χ1) is 9.49. The molecule has 0 aromatic heterocycles. The minimum absolute atomic E-state index is 0.0982. The first kappa shape index (κ1) is 14.9. The van der Waals surface area contributed by atoms with Crippen LogP contribution in [0, 0.1) is 0 Å². The summed E-state index contributed by atoms with van der Waals surface area (Å²) in [6.07, 6.45) is 0. The number of primary amides is 1. The van der Waals surface area contributed by atoms with Crippen molar-refractivity contribution in [1.82, 2.24) is 0 Å². The van der Waals surface area contributed by atoms with Crippen molar-refractivity contribution in [2.24, 2.45) is 5.73 Å². The summed E-state index contributed by atoms with van der Waals surface area (Å²) < 4.78 is 1.04. The number of hydrogen-bond acceptors (Lipinski definition) is 2. The molecule has 104 valence electrons. The Morgan fingerprint density at radius 1 is 1.30 bits per heavy atom. The Hall–Kier alpha value is -1.52. The van der Waals surface area contributed by atoms with Gasteiger partial charge >= 0.3 is 0 Å². The molecule has 0 heterocycles. The van der Waals surface area contributed by atoms with E-state index < -0.39 is 5.91 Å². The molecule has 2 rings (SSSR count). The lowest BCUT2D eigenvalue weighted by atomic mass is 10.1. The topological polar surface area (TPSA) is 55.1 Å². The van der Waals surface area contributed by atoms with Crippen molar-refractivity contribution >= 4 is 39.1 Å². The van der Waals surface area contributed by atoms with Crippen molar-refractivity contribution in [3.05, 3.63) is 63.1 Å². The van der Waals surface area contributed by atoms with Crippen LogP contribution in [0.4, 0.5) is 5.69 Å². The van der Waals surface area contributed by atoms with Gasteiger partial charge in [0, 0.05) is 16.2 Å². The fourth-order valence-corrected chi connectivity index (χ4v) is 2.86. The quantitative estimate of drug-likeness (QED) is 0.857. The first-order valence-corrected chi connectivity index (χ1v) is 7.26. The molecule has 0 aliphatic rings. The zero-order chi connectivity index (χ0) is 14.7. The predicted molar refractivity (Wildman–Crippen MR) is 86.1 cm³/mol. The van der Waals surface area contributed by atoms with Crippen molar-refractivity contribution < 1.29 is 4.79 Å². The smallest absolute Gasteiger partial charge is 0.250 e. The van der Waals surface area contributed by atoms with Crippen LogP contribution in [0.3, 0.4) is 0 Å². The SMILES string of the molecule is CC(Nc1ccc(C(N)=O)c(Cl)c1)c1ccccc1Br. The normalized spacial score (nSPS) is 11.9. The van der Waals surface area contributed by atoms with Gasteiger partial charge in [-0.2, -0.15) is 0 Å². The third-order valence-corrected chi connectivity index (χ3v) is 4.02. The van der Waals surface area contributed by atoms with E-state index >= 15 is 0 Å². The molecule has 0 aliphatic carbocycles. The molecule has 0 fully saturated rings. The zero-order valence-electron chi connectivity index (χ0n) is 10.9. The van der Waals surface area contributed by atoms with Gasteiger partial charge in [-0.1, -0.05) is 45.7 Å². The molecular weight excluding hydrogens is 340 g/mol. The van der Waals surface area contributed by atoms with E-state index in [0.717, 1.165) is 15.7 Å². The van der Waals surface area contributed by atoms with Gasteiger partial charge in [0.1, 0.15) is 0 Å². The van der Waals surface area contributed by atoms with Gasteiger partial charge in [0.05, 0.1) is 10.6 Å². The number of anilines is 1. The largest absolute Gasteiger partial charge is 0.378 e. The van der Waals surface area contributed by atoms with E-state index in [9.17, 15) is 4.79 Å². The van der Waals surface area contributed by atoms with Crippen molar-refractivity contribution in [3.8, 4) is 0 Å². The standard InChI is InChI=1S/C15H14BrClN2O/c1-9(11-4-2-3-5-13(11)16)19-10-6-7-12(15(18)20)14(17)8-10/h2-9,19H,1H3,(H2,18,20). The average molecular weight is 354 g/mol. The van der Waals surface area contributed by atoms with Gasteiger partial charge in [-0.25, -0.2) is 0 Å². The van der Waals surface area contributed by atoms with Gasteiger partial charge in [-0.15, -0.1) is 0 Å². The van der Waals surface area contributed by atoms with Crippen LogP contribution in [0.5, 0.6) is 0 Å². The summed E-state index contributed by atoms with van der Waals surface area (Å²) in [6.45, 7) is 2.05. The number of nitrogens with two attached hydrogens (primary N) is 1. The minimum atomic E-state index is -0.527. The summed E-state index contributed by atoms with van der Waals surface area (Å²) in [5.41, 5.74) is 7.53. The van der Waals surface area contributed by atoms with Crippen LogP contribution in [0.1, 0.15) is 28.9 Å². The predicted octanol–water partition coefficient (Wildman–Crippen LogP) is 4.37. The van der Waals surface area contributed by atoms with Crippen molar-refractivity contribution in [2.75, 3.05) is 5.32 Å². The van der Waals surface area contributed by atoms with Crippen LogP contribution in [0.2, 0.25) is 5.02 Å². The molecule has 1 atom stereocenters. The number of nitrogens with one attached hydrogen (secondary N) is 1. The Bertz CT molecular complexity index is 646. The summed E-state index contributed by atoms with van der Waals surface area (Å²) in [5.74, 6) is -0.527. The third kappa shape index (κ3) is 3.32. The van der Waals surface area contributed by atoms with Gasteiger partial charge in [-0.05, 0) is 36.8 Å². The van der Waals surface area contributed by atoms with E-state index in [1.807, 2.05) is 24.3 Å². The summed E-state index contributed by atoms with van der Waals surface area (Å²) in [6, 6.07) is 13.2. The molecule has 20 heavy (non-hydrogen) atoms. The number of carbonyl (C=O) groups excluding carboxylic acids is 1. The molecule has 1 unspecified atom stereocenters. The maximum absolute atomic E-state index is 11.1. The Morgan fingerprint density at radius 3 is 2.60 bits per heavy atom. The van der Waals surface area contributed by atoms with E-state index in [-0.39, 0.29) is 6.04 Å². The third-order valence-electron chi connectivity index (χ3n) is 2.99. The van der Waals surface area contributed by atoms with Crippen LogP contribution in [-0.2, 0) is 0 Å². The highest BCUT2D eigenvalue weighted by Crippen LogP contribution is 2.28. The summed E-state index contributed by atoms with van der Waals surface area (Å²) in [4.78, 5) is 11.1. The lowest BCUT2D eigenvalue weighted by molar-refractivity contribution is 0.100. The first-order valence-electron chi connectivity index (χ1n) is 6.09. The number of carbonyl (C=O) groups is 1. The van der Waals surface area contributed by atoms with E-state index in [2.05, 4.69) is 28.2 Å². The highest BCUT2D eigenvalue weighted by atomic mass is 79.9. The summed E-state index contributed by atoms with van der Waals surface area (Å²) in [7, 11) is 0. The molecule has 0 aliphatic heterocycles. The van der Waals surface area contributed by atoms with Crippen LogP contribution in [0.15, 0.2) is 46.9 Å². The lowest BCUT2D eigenvalue weighted by Crippen LogP contribution is -2.12. The van der Waals surface area contributed by atoms with Gasteiger partial charge in [0.15, 0.2) is 0 Å². The Labute approximate surface area is 131 Å². The highest BCUT2D eigenvalue weighted by molar-refractivity contribution is 9.10. The Balaban J connectivity index is 2.20. The molecule has 3 nitrogen and oxygen atoms in total. The molecule has 0 radical (unpaired) electrons. The monoisotopic (exact) mass is 352 g/mol. The molecule has 0 bridgehead atoms. The number of rotatable bonds is 4. The summed E-state index contributed by atoms with van der Waals surface area (Å²) >= 11 is 9.56. The molecule has 0 saturated heterocycles. The van der Waals surface area contributed by atoms with Crippen LogP contribution in [0.25, 0.3) is 0 Å². The number of hydrogen-bond donors (Lipinski definition) is 2. The van der Waals surface area contributed by atoms with E-state index in [1.54, 1.807) is 18.2 Å². The zero-order valence-corrected chi connectivity index (χ0v) is 13.2. The van der Waals surface area contributed by atoms with Gasteiger partial charge in [0.25, 0.3) is 0 Å². The fourth-order valence-electron chi connectivity index (χ4n) is 1.96. The van der Waals surface area contributed by atoms with Crippen LogP contribution >= 0.6 is 27.5 Å². The maximum Gasteiger partial charge on any atom is 0.250 e. The number of benzene rings is 2. The molecule has 5 heteroatoms. The molecule has 2 aromatic carbocycles. The second-order valence-electron chi connectivity index (χ2n) is 4.45. The number of amides is 1. The van der Waals surface area contributed by atoms with E-state index in [4.69, 9.17) is 17.3 Å². The van der Waals surface area contributed by atoms with Crippen LogP contribution < -0.4 is 11.1 Å². The second-order valence-corrected chi connectivity index (χ2v) is 5.71. The maximum atomic E-state index is 11.1. The lowest BCUT2D eigenvalue weighted by Gasteiger charge is -2.17. The molecule has 3 N–H and O–H groups in total. The number of halogens is 2. The highest BCUT2D eigenvalue weighted by Gasteiger charge is 2.11. The second kappa shape index (κ2) is 6.29. The van der Waals surface area contributed by atoms with Crippen LogP contribution in [-0.4, -0.2) is 5.91 Å². The fraction of sp³-hybridized carbons (Fsp3) is 0.133. The minimum Gasteiger partial charge on any atom is -0.378 e. The summed E-state index contributed by atoms with van der Waals surface area (Å²) in [5, 5.41) is 3.69. The van der Waals surface area contributed by atoms with E-state index in [1.165, 1.54) is 0 Å². The van der Waals surface area contributed by atoms with E-state index in [0.29, 0.717) is 10.6 Å². The van der Waals surface area contributed by atoms with Crippen molar-refractivity contribution in [2.45, 2.75) is 13.0 Å². The molecule has 0 spiro atoms. The van der Waals surface area contributed by atoms with Crippen molar-refractivity contribution in [1.29, 1.82) is 0 Å². The Kier molecular flexibility index (Phi) is 4.68. The van der Waals surface area contributed by atoms with Gasteiger partial charge in [0.2, 0.25) is 5.91 Å². The molecule has 2 aromatic rings.